The highest BCUT2D eigenvalue weighted by Gasteiger charge is 2.24. The van der Waals surface area contributed by atoms with Gasteiger partial charge in [-0.25, -0.2) is 0 Å². The first-order valence-corrected chi connectivity index (χ1v) is 7.16. The number of hydrogen-bond donors (Lipinski definition) is 2. The normalized spacial score (nSPS) is 18.9. The van der Waals surface area contributed by atoms with Crippen molar-refractivity contribution < 1.29 is 9.52 Å². The summed E-state index contributed by atoms with van der Waals surface area (Å²) >= 11 is 0. The molecule has 0 aliphatic carbocycles. The van der Waals surface area contributed by atoms with Crippen LogP contribution in [0.1, 0.15) is 18.7 Å². The highest BCUT2D eigenvalue weighted by Crippen LogP contribution is 2.22. The van der Waals surface area contributed by atoms with Crippen molar-refractivity contribution in [1.29, 1.82) is 0 Å². The Balaban J connectivity index is 2.04. The van der Waals surface area contributed by atoms with E-state index in [0.717, 1.165) is 45.0 Å². The van der Waals surface area contributed by atoms with Crippen molar-refractivity contribution in [3.05, 3.63) is 24.2 Å². The lowest BCUT2D eigenvalue weighted by molar-refractivity contribution is 0.100. The lowest BCUT2D eigenvalue weighted by atomic mass is 10.1. The van der Waals surface area contributed by atoms with E-state index in [1.54, 1.807) is 6.26 Å². The second-order valence-electron chi connectivity index (χ2n) is 4.93. The largest absolute Gasteiger partial charge is 0.468 e. The topological polar surface area (TPSA) is 51.9 Å². The van der Waals surface area contributed by atoms with Gasteiger partial charge in [0.25, 0.3) is 0 Å². The maximum Gasteiger partial charge on any atom is 0.122 e. The predicted molar refractivity (Wildman–Crippen MR) is 75.1 cm³/mol. The number of aliphatic hydroxyl groups excluding tert-OH is 1. The number of furan rings is 1. The Hall–Kier alpha value is -0.880. The van der Waals surface area contributed by atoms with Gasteiger partial charge < -0.3 is 14.8 Å². The summed E-state index contributed by atoms with van der Waals surface area (Å²) in [6.07, 6.45) is 1.73. The lowest BCUT2D eigenvalue weighted by Crippen LogP contribution is -2.47. The zero-order valence-electron chi connectivity index (χ0n) is 11.7. The first kappa shape index (κ1) is 14.5. The standard InChI is InChI=1S/C14H25N3O2/c1-2-17(9-10-18)13(14-4-3-11-19-14)12-16-7-5-15-6-8-16/h3-4,11,13,15,18H,2,5-10,12H2,1H3. The zero-order chi connectivity index (χ0) is 13.5. The van der Waals surface area contributed by atoms with Crippen LogP contribution in [0.4, 0.5) is 0 Å². The van der Waals surface area contributed by atoms with Crippen LogP contribution in [0.5, 0.6) is 0 Å². The van der Waals surface area contributed by atoms with E-state index in [9.17, 15) is 5.11 Å². The van der Waals surface area contributed by atoms with Crippen LogP contribution in [-0.4, -0.2) is 67.3 Å². The minimum Gasteiger partial charge on any atom is -0.468 e. The molecule has 19 heavy (non-hydrogen) atoms. The zero-order valence-corrected chi connectivity index (χ0v) is 11.7. The molecule has 0 radical (unpaired) electrons. The maximum atomic E-state index is 9.22. The van der Waals surface area contributed by atoms with Gasteiger partial charge in [0.15, 0.2) is 0 Å². The van der Waals surface area contributed by atoms with Crippen LogP contribution < -0.4 is 5.32 Å². The summed E-state index contributed by atoms with van der Waals surface area (Å²) < 4.78 is 5.60. The van der Waals surface area contributed by atoms with Crippen LogP contribution in [0, 0.1) is 0 Å². The average molecular weight is 267 g/mol. The molecule has 108 valence electrons. The van der Waals surface area contributed by atoms with Crippen molar-refractivity contribution in [2.75, 3.05) is 52.4 Å². The molecule has 0 amide bonds. The molecule has 2 rings (SSSR count). The van der Waals surface area contributed by atoms with Crippen LogP contribution in [0.2, 0.25) is 0 Å². The molecule has 5 heteroatoms. The van der Waals surface area contributed by atoms with Crippen molar-refractivity contribution in [3.63, 3.8) is 0 Å². The molecule has 1 atom stereocenters. The summed E-state index contributed by atoms with van der Waals surface area (Å²) in [4.78, 5) is 4.74. The second-order valence-corrected chi connectivity index (χ2v) is 4.93. The summed E-state index contributed by atoms with van der Waals surface area (Å²) in [5.74, 6) is 0.994. The number of aliphatic hydroxyl groups is 1. The van der Waals surface area contributed by atoms with E-state index in [2.05, 4.69) is 22.0 Å². The predicted octanol–water partition coefficient (Wildman–Crippen LogP) is 0.540. The van der Waals surface area contributed by atoms with Gasteiger partial charge >= 0.3 is 0 Å². The third kappa shape index (κ3) is 4.04. The first-order chi connectivity index (χ1) is 9.35. The van der Waals surface area contributed by atoms with Crippen molar-refractivity contribution in [2.45, 2.75) is 13.0 Å². The SMILES string of the molecule is CCN(CCO)C(CN1CCNCC1)c1ccco1. The molecule has 1 aliphatic rings. The van der Waals surface area contributed by atoms with Gasteiger partial charge in [0.2, 0.25) is 0 Å². The molecule has 0 bridgehead atoms. The summed E-state index contributed by atoms with van der Waals surface area (Å²) in [6.45, 7) is 9.14. The molecule has 5 nitrogen and oxygen atoms in total. The Morgan fingerprint density at radius 2 is 2.26 bits per heavy atom. The maximum absolute atomic E-state index is 9.22. The fourth-order valence-corrected chi connectivity index (χ4v) is 2.67. The number of piperazine rings is 1. The second kappa shape index (κ2) is 7.65. The highest BCUT2D eigenvalue weighted by atomic mass is 16.3. The fourth-order valence-electron chi connectivity index (χ4n) is 2.67. The Labute approximate surface area is 115 Å². The molecule has 1 aliphatic heterocycles. The molecule has 2 heterocycles. The van der Waals surface area contributed by atoms with Crippen molar-refractivity contribution in [2.24, 2.45) is 0 Å². The molecule has 1 saturated heterocycles. The van der Waals surface area contributed by atoms with Gasteiger partial charge in [-0.05, 0) is 18.7 Å². The smallest absolute Gasteiger partial charge is 0.122 e. The van der Waals surface area contributed by atoms with Gasteiger partial charge in [-0.15, -0.1) is 0 Å². The Kier molecular flexibility index (Phi) is 5.85. The summed E-state index contributed by atoms with van der Waals surface area (Å²) in [7, 11) is 0. The van der Waals surface area contributed by atoms with Gasteiger partial charge in [-0.3, -0.25) is 9.80 Å². The average Bonchev–Trinajstić information content (AvgIpc) is 2.98. The molecule has 1 fully saturated rings. The van der Waals surface area contributed by atoms with Gasteiger partial charge in [-0.1, -0.05) is 6.92 Å². The van der Waals surface area contributed by atoms with Gasteiger partial charge in [0, 0.05) is 39.3 Å². The van der Waals surface area contributed by atoms with E-state index in [1.807, 2.05) is 12.1 Å². The minimum atomic E-state index is 0.187. The molecule has 2 N–H and O–H groups in total. The van der Waals surface area contributed by atoms with Crippen LogP contribution in [-0.2, 0) is 0 Å². The molecule has 1 unspecified atom stereocenters. The minimum absolute atomic E-state index is 0.187. The fraction of sp³-hybridized carbons (Fsp3) is 0.714. The molecule has 0 saturated carbocycles. The third-order valence-corrected chi connectivity index (χ3v) is 3.75. The van der Waals surface area contributed by atoms with E-state index in [4.69, 9.17) is 4.42 Å². The van der Waals surface area contributed by atoms with E-state index in [0.29, 0.717) is 6.54 Å². The monoisotopic (exact) mass is 267 g/mol. The van der Waals surface area contributed by atoms with Gasteiger partial charge in [0.05, 0.1) is 18.9 Å². The quantitative estimate of drug-likeness (QED) is 0.755. The van der Waals surface area contributed by atoms with Crippen molar-refractivity contribution in [1.82, 2.24) is 15.1 Å². The van der Waals surface area contributed by atoms with Gasteiger partial charge in [-0.2, -0.15) is 0 Å². The van der Waals surface area contributed by atoms with Crippen LogP contribution >= 0.6 is 0 Å². The Bertz CT molecular complexity index is 336. The molecular formula is C14H25N3O2. The third-order valence-electron chi connectivity index (χ3n) is 3.75. The number of nitrogens with zero attached hydrogens (tertiary/aromatic N) is 2. The number of hydrogen-bond acceptors (Lipinski definition) is 5. The van der Waals surface area contributed by atoms with E-state index in [1.165, 1.54) is 0 Å². The molecule has 0 aromatic carbocycles. The Morgan fingerprint density at radius 1 is 1.47 bits per heavy atom. The van der Waals surface area contributed by atoms with Crippen LogP contribution in [0.3, 0.4) is 0 Å². The van der Waals surface area contributed by atoms with Crippen LogP contribution in [0.25, 0.3) is 0 Å². The Morgan fingerprint density at radius 3 is 2.84 bits per heavy atom. The molecular weight excluding hydrogens is 242 g/mol. The van der Waals surface area contributed by atoms with Crippen molar-refractivity contribution in [3.8, 4) is 0 Å². The lowest BCUT2D eigenvalue weighted by Gasteiger charge is -2.35. The molecule has 0 spiro atoms. The summed E-state index contributed by atoms with van der Waals surface area (Å²) in [5, 5.41) is 12.6. The van der Waals surface area contributed by atoms with E-state index in [-0.39, 0.29) is 12.6 Å². The van der Waals surface area contributed by atoms with E-state index < -0.39 is 0 Å². The number of likely N-dealkylation sites (N-methyl/N-ethyl adjacent to an activating group) is 1. The highest BCUT2D eigenvalue weighted by molar-refractivity contribution is 5.06. The van der Waals surface area contributed by atoms with Gasteiger partial charge in [0.1, 0.15) is 5.76 Å². The number of rotatable bonds is 7. The van der Waals surface area contributed by atoms with E-state index >= 15 is 0 Å². The summed E-state index contributed by atoms with van der Waals surface area (Å²) in [6, 6.07) is 4.20. The molecule has 1 aromatic rings. The summed E-state index contributed by atoms with van der Waals surface area (Å²) in [5.41, 5.74) is 0. The molecule has 1 aromatic heterocycles. The van der Waals surface area contributed by atoms with Crippen molar-refractivity contribution >= 4 is 0 Å². The first-order valence-electron chi connectivity index (χ1n) is 7.16. The number of nitrogens with one attached hydrogen (secondary N) is 1. The van der Waals surface area contributed by atoms with Crippen LogP contribution in [0.15, 0.2) is 22.8 Å².